The van der Waals surface area contributed by atoms with Gasteiger partial charge in [-0.15, -0.1) is 11.3 Å². The number of ether oxygens (including phenoxy) is 1. The lowest BCUT2D eigenvalue weighted by molar-refractivity contribution is -0.118. The second kappa shape index (κ2) is 7.42. The Morgan fingerprint density at radius 3 is 2.83 bits per heavy atom. The molecule has 1 aromatic carbocycles. The molecule has 122 valence electrons. The number of aryl methyl sites for hydroxylation is 1. The minimum absolute atomic E-state index is 0.0920. The van der Waals surface area contributed by atoms with Crippen molar-refractivity contribution in [2.45, 2.75) is 6.92 Å². The monoisotopic (exact) mass is 359 g/mol. The third-order valence-corrected chi connectivity index (χ3v) is 4.41. The fourth-order valence-corrected chi connectivity index (χ4v) is 2.85. The number of aromatic nitrogens is 2. The number of amides is 1. The van der Waals surface area contributed by atoms with Crippen molar-refractivity contribution in [2.24, 2.45) is 0 Å². The maximum absolute atomic E-state index is 12.0. The summed E-state index contributed by atoms with van der Waals surface area (Å²) < 4.78 is 5.47. The van der Waals surface area contributed by atoms with Crippen molar-refractivity contribution in [3.8, 4) is 17.0 Å². The number of nitrogens with zero attached hydrogens (tertiary/aromatic N) is 2. The van der Waals surface area contributed by atoms with Crippen LogP contribution >= 0.6 is 22.9 Å². The molecule has 5 nitrogen and oxygen atoms in total. The van der Waals surface area contributed by atoms with Crippen molar-refractivity contribution < 1.29 is 9.53 Å². The standard InChI is InChI=1S/C17H14ClN3O2S/c1-11-8-13(2-3-14(11)18)23-9-16(22)21-17-20-15(10-24-17)12-4-6-19-7-5-12/h2-8,10H,9H2,1H3,(H,20,21,22). The quantitative estimate of drug-likeness (QED) is 0.742. The van der Waals surface area contributed by atoms with Crippen molar-refractivity contribution in [3.05, 3.63) is 58.7 Å². The van der Waals surface area contributed by atoms with Crippen molar-refractivity contribution in [1.82, 2.24) is 9.97 Å². The van der Waals surface area contributed by atoms with Crippen molar-refractivity contribution in [3.63, 3.8) is 0 Å². The third-order valence-electron chi connectivity index (χ3n) is 3.23. The first-order chi connectivity index (χ1) is 11.6. The highest BCUT2D eigenvalue weighted by Crippen LogP contribution is 2.24. The van der Waals surface area contributed by atoms with E-state index in [0.717, 1.165) is 16.8 Å². The van der Waals surface area contributed by atoms with E-state index in [4.69, 9.17) is 16.3 Å². The van der Waals surface area contributed by atoms with E-state index in [-0.39, 0.29) is 12.5 Å². The third kappa shape index (κ3) is 4.10. The number of halogens is 1. The average Bonchev–Trinajstić information content (AvgIpc) is 3.05. The molecule has 0 fully saturated rings. The normalized spacial score (nSPS) is 10.4. The van der Waals surface area contributed by atoms with Crippen molar-refractivity contribution >= 4 is 34.0 Å². The summed E-state index contributed by atoms with van der Waals surface area (Å²) in [6.45, 7) is 1.79. The van der Waals surface area contributed by atoms with E-state index >= 15 is 0 Å². The summed E-state index contributed by atoms with van der Waals surface area (Å²) in [6, 6.07) is 9.00. The Balaban J connectivity index is 1.57. The number of hydrogen-bond donors (Lipinski definition) is 1. The molecule has 3 aromatic rings. The predicted octanol–water partition coefficient (Wildman–Crippen LogP) is 4.18. The zero-order valence-electron chi connectivity index (χ0n) is 12.8. The number of thiazole rings is 1. The van der Waals surface area contributed by atoms with Gasteiger partial charge in [0.2, 0.25) is 0 Å². The van der Waals surface area contributed by atoms with E-state index in [0.29, 0.717) is 15.9 Å². The molecule has 1 amide bonds. The number of pyridine rings is 1. The Kier molecular flexibility index (Phi) is 5.08. The second-order valence-electron chi connectivity index (χ2n) is 5.02. The molecular weight excluding hydrogens is 346 g/mol. The molecule has 2 aromatic heterocycles. The average molecular weight is 360 g/mol. The molecule has 24 heavy (non-hydrogen) atoms. The molecule has 7 heteroatoms. The molecule has 0 atom stereocenters. The van der Waals surface area contributed by atoms with Crippen LogP contribution in [-0.2, 0) is 4.79 Å². The number of carbonyl (C=O) groups is 1. The Bertz CT molecular complexity index is 852. The van der Waals surface area contributed by atoms with Crippen molar-refractivity contribution in [1.29, 1.82) is 0 Å². The summed E-state index contributed by atoms with van der Waals surface area (Å²) in [5.74, 6) is 0.335. The van der Waals surface area contributed by atoms with Crippen LogP contribution in [0.4, 0.5) is 5.13 Å². The van der Waals surface area contributed by atoms with Gasteiger partial charge in [0, 0.05) is 28.4 Å². The maximum Gasteiger partial charge on any atom is 0.264 e. The highest BCUT2D eigenvalue weighted by Gasteiger charge is 2.09. The topological polar surface area (TPSA) is 64.1 Å². The molecule has 2 heterocycles. The van der Waals surface area contributed by atoms with Gasteiger partial charge in [-0.3, -0.25) is 15.1 Å². The van der Waals surface area contributed by atoms with Gasteiger partial charge < -0.3 is 4.74 Å². The molecule has 0 aliphatic carbocycles. The molecule has 0 radical (unpaired) electrons. The first-order valence-electron chi connectivity index (χ1n) is 7.16. The molecule has 0 saturated carbocycles. The van der Waals surface area contributed by atoms with Gasteiger partial charge in [0.05, 0.1) is 5.69 Å². The highest BCUT2D eigenvalue weighted by molar-refractivity contribution is 7.14. The smallest absolute Gasteiger partial charge is 0.264 e. The second-order valence-corrected chi connectivity index (χ2v) is 6.29. The maximum atomic E-state index is 12.0. The Hall–Kier alpha value is -2.44. The first kappa shape index (κ1) is 16.4. The Morgan fingerprint density at radius 1 is 1.29 bits per heavy atom. The number of nitrogens with one attached hydrogen (secondary N) is 1. The summed E-state index contributed by atoms with van der Waals surface area (Å²) >= 11 is 7.32. The van der Waals surface area contributed by atoms with E-state index in [1.54, 1.807) is 30.6 Å². The van der Waals surface area contributed by atoms with Crippen LogP contribution in [0.5, 0.6) is 5.75 Å². The van der Waals surface area contributed by atoms with E-state index in [2.05, 4.69) is 15.3 Å². The first-order valence-corrected chi connectivity index (χ1v) is 8.42. The zero-order chi connectivity index (χ0) is 16.9. The van der Waals surface area contributed by atoms with Crippen LogP contribution in [0.2, 0.25) is 5.02 Å². The van der Waals surface area contributed by atoms with E-state index in [9.17, 15) is 4.79 Å². The van der Waals surface area contributed by atoms with Crippen LogP contribution in [0.3, 0.4) is 0 Å². The molecule has 1 N–H and O–H groups in total. The van der Waals surface area contributed by atoms with Gasteiger partial charge in [-0.25, -0.2) is 4.98 Å². The fourth-order valence-electron chi connectivity index (χ4n) is 2.00. The lowest BCUT2D eigenvalue weighted by Gasteiger charge is -2.07. The van der Waals surface area contributed by atoms with Gasteiger partial charge in [-0.2, -0.15) is 0 Å². The lowest BCUT2D eigenvalue weighted by atomic mass is 10.2. The highest BCUT2D eigenvalue weighted by atomic mass is 35.5. The van der Waals surface area contributed by atoms with Crippen LogP contribution in [-0.4, -0.2) is 22.5 Å². The van der Waals surface area contributed by atoms with Gasteiger partial charge in [0.15, 0.2) is 11.7 Å². The SMILES string of the molecule is Cc1cc(OCC(=O)Nc2nc(-c3ccncc3)cs2)ccc1Cl. The lowest BCUT2D eigenvalue weighted by Crippen LogP contribution is -2.20. The van der Waals surface area contributed by atoms with E-state index in [1.165, 1.54) is 11.3 Å². The van der Waals surface area contributed by atoms with E-state index in [1.807, 2.05) is 24.4 Å². The number of anilines is 1. The molecule has 0 saturated heterocycles. The largest absolute Gasteiger partial charge is 0.484 e. The molecule has 0 aliphatic rings. The molecule has 0 unspecified atom stereocenters. The summed E-state index contributed by atoms with van der Waals surface area (Å²) in [5.41, 5.74) is 2.65. The van der Waals surface area contributed by atoms with Gasteiger partial charge in [-0.1, -0.05) is 11.6 Å². The number of carbonyl (C=O) groups excluding carboxylic acids is 1. The summed E-state index contributed by atoms with van der Waals surface area (Å²) in [4.78, 5) is 20.3. The van der Waals surface area contributed by atoms with Crippen molar-refractivity contribution in [2.75, 3.05) is 11.9 Å². The summed E-state index contributed by atoms with van der Waals surface area (Å²) in [5, 5.41) is 5.81. The zero-order valence-corrected chi connectivity index (χ0v) is 14.4. The minimum atomic E-state index is -0.266. The summed E-state index contributed by atoms with van der Waals surface area (Å²) in [7, 11) is 0. The van der Waals surface area contributed by atoms with Gasteiger partial charge >= 0.3 is 0 Å². The molecular formula is C17H14ClN3O2S. The van der Waals surface area contributed by atoms with Crippen LogP contribution in [0.15, 0.2) is 48.1 Å². The van der Waals surface area contributed by atoms with Crippen LogP contribution in [0.1, 0.15) is 5.56 Å². The molecule has 3 rings (SSSR count). The molecule has 0 spiro atoms. The van der Waals surface area contributed by atoms with Crippen LogP contribution < -0.4 is 10.1 Å². The van der Waals surface area contributed by atoms with Gasteiger partial charge in [0.1, 0.15) is 5.75 Å². The van der Waals surface area contributed by atoms with Crippen LogP contribution in [0, 0.1) is 6.92 Å². The number of rotatable bonds is 5. The molecule has 0 bridgehead atoms. The molecule has 0 aliphatic heterocycles. The summed E-state index contributed by atoms with van der Waals surface area (Å²) in [6.07, 6.45) is 3.41. The van der Waals surface area contributed by atoms with Gasteiger partial charge in [0.25, 0.3) is 5.91 Å². The Morgan fingerprint density at radius 2 is 2.08 bits per heavy atom. The minimum Gasteiger partial charge on any atom is -0.484 e. The Labute approximate surface area is 148 Å². The van der Waals surface area contributed by atoms with Gasteiger partial charge in [-0.05, 0) is 42.8 Å². The number of hydrogen-bond acceptors (Lipinski definition) is 5. The van der Waals surface area contributed by atoms with Crippen LogP contribution in [0.25, 0.3) is 11.3 Å². The number of benzene rings is 1. The van der Waals surface area contributed by atoms with E-state index < -0.39 is 0 Å². The predicted molar refractivity (Wildman–Crippen MR) is 95.7 cm³/mol. The fraction of sp³-hybridized carbons (Fsp3) is 0.118.